The number of fused-ring (bicyclic) bond motifs is 3. The summed E-state index contributed by atoms with van der Waals surface area (Å²) in [6, 6.07) is 1.23. The van der Waals surface area contributed by atoms with Crippen molar-refractivity contribution in [2.45, 2.75) is 44.9 Å². The number of H-pyrrole nitrogens is 1. The molecule has 0 fully saturated rings. The van der Waals surface area contributed by atoms with Crippen molar-refractivity contribution in [2.24, 2.45) is 17.8 Å². The van der Waals surface area contributed by atoms with Crippen LogP contribution in [-0.4, -0.2) is 39.9 Å². The lowest BCUT2D eigenvalue weighted by atomic mass is 9.79. The van der Waals surface area contributed by atoms with Crippen molar-refractivity contribution in [1.82, 2.24) is 4.98 Å². The first-order valence-corrected chi connectivity index (χ1v) is 14.1. The highest BCUT2D eigenvalue weighted by molar-refractivity contribution is 6.76. The molecule has 148 valence electrons. The number of anilines is 1. The Labute approximate surface area is 164 Å². The van der Waals surface area contributed by atoms with Crippen LogP contribution in [0, 0.1) is 17.8 Å². The van der Waals surface area contributed by atoms with E-state index in [-0.39, 0.29) is 0 Å². The molecule has 3 atom stereocenters. The SMILES string of the molecule is COC1=C/c2c3[nH]c4c2NCC(C4)CC(C3)C(COCC[Si](C)(C)C)/C=C\1. The lowest BCUT2D eigenvalue weighted by Crippen LogP contribution is -2.30. The van der Waals surface area contributed by atoms with Gasteiger partial charge in [-0.3, -0.25) is 0 Å². The van der Waals surface area contributed by atoms with Crippen LogP contribution in [0.25, 0.3) is 6.08 Å². The van der Waals surface area contributed by atoms with Crippen LogP contribution >= 0.6 is 0 Å². The summed E-state index contributed by atoms with van der Waals surface area (Å²) in [5.41, 5.74) is 5.35. The Morgan fingerprint density at radius 1 is 1.19 bits per heavy atom. The van der Waals surface area contributed by atoms with Gasteiger partial charge in [0.15, 0.2) is 0 Å². The summed E-state index contributed by atoms with van der Waals surface area (Å²) in [5, 5.41) is 3.69. The van der Waals surface area contributed by atoms with Gasteiger partial charge < -0.3 is 19.8 Å². The molecule has 5 heteroatoms. The van der Waals surface area contributed by atoms with Crippen molar-refractivity contribution in [2.75, 3.05) is 32.2 Å². The molecule has 3 heterocycles. The van der Waals surface area contributed by atoms with Gasteiger partial charge in [-0.1, -0.05) is 25.7 Å². The predicted molar refractivity (Wildman–Crippen MR) is 115 cm³/mol. The summed E-state index contributed by atoms with van der Waals surface area (Å²) in [6.45, 7) is 10.0. The smallest absolute Gasteiger partial charge is 0.119 e. The number of hydrogen-bond donors (Lipinski definition) is 2. The Hall–Kier alpha value is -1.46. The Morgan fingerprint density at radius 3 is 2.81 bits per heavy atom. The Bertz CT molecular complexity index is 744. The van der Waals surface area contributed by atoms with Crippen LogP contribution in [0.15, 0.2) is 17.9 Å². The Kier molecular flexibility index (Phi) is 5.25. The Balaban J connectivity index is 1.59. The summed E-state index contributed by atoms with van der Waals surface area (Å²) < 4.78 is 11.9. The second kappa shape index (κ2) is 7.51. The molecule has 1 aliphatic carbocycles. The maximum atomic E-state index is 6.20. The number of hydrogen-bond acceptors (Lipinski definition) is 3. The Morgan fingerprint density at radius 2 is 2.04 bits per heavy atom. The fourth-order valence-corrected chi connectivity index (χ4v) is 5.41. The van der Waals surface area contributed by atoms with E-state index in [0.29, 0.717) is 17.8 Å². The van der Waals surface area contributed by atoms with E-state index in [1.165, 1.54) is 35.1 Å². The molecule has 0 aromatic carbocycles. The fourth-order valence-electron chi connectivity index (χ4n) is 4.66. The van der Waals surface area contributed by atoms with Gasteiger partial charge in [-0.15, -0.1) is 0 Å². The van der Waals surface area contributed by atoms with Crippen LogP contribution in [0.3, 0.4) is 0 Å². The van der Waals surface area contributed by atoms with E-state index in [4.69, 9.17) is 9.47 Å². The van der Waals surface area contributed by atoms with E-state index < -0.39 is 8.07 Å². The third-order valence-corrected chi connectivity index (χ3v) is 8.01. The minimum absolute atomic E-state index is 0.435. The quantitative estimate of drug-likeness (QED) is 0.551. The summed E-state index contributed by atoms with van der Waals surface area (Å²) in [5.74, 6) is 2.69. The molecule has 4 nitrogen and oxygen atoms in total. The lowest BCUT2D eigenvalue weighted by molar-refractivity contribution is 0.0965. The summed E-state index contributed by atoms with van der Waals surface area (Å²) in [4.78, 5) is 3.74. The van der Waals surface area contributed by atoms with E-state index in [1.807, 2.05) is 0 Å². The summed E-state index contributed by atoms with van der Waals surface area (Å²) in [7, 11) is 0.718. The lowest BCUT2D eigenvalue weighted by Gasteiger charge is -2.32. The maximum Gasteiger partial charge on any atom is 0.119 e. The minimum atomic E-state index is -1.04. The van der Waals surface area contributed by atoms with E-state index in [0.717, 1.165) is 38.4 Å². The molecule has 2 N–H and O–H groups in total. The number of allylic oxidation sites excluding steroid dienone is 1. The van der Waals surface area contributed by atoms with Crippen molar-refractivity contribution in [3.63, 3.8) is 0 Å². The monoisotopic (exact) mass is 386 g/mol. The number of methoxy groups -OCH3 is 1. The van der Waals surface area contributed by atoms with Gasteiger partial charge in [0.25, 0.3) is 0 Å². The molecule has 3 unspecified atom stereocenters. The van der Waals surface area contributed by atoms with Gasteiger partial charge in [0.1, 0.15) is 5.76 Å². The van der Waals surface area contributed by atoms with Gasteiger partial charge in [0.05, 0.1) is 19.4 Å². The van der Waals surface area contributed by atoms with Crippen LogP contribution < -0.4 is 5.32 Å². The van der Waals surface area contributed by atoms with Crippen molar-refractivity contribution in [3.8, 4) is 0 Å². The van der Waals surface area contributed by atoms with Gasteiger partial charge in [-0.2, -0.15) is 0 Å². The maximum absolute atomic E-state index is 6.20. The highest BCUT2D eigenvalue weighted by Gasteiger charge is 2.34. The van der Waals surface area contributed by atoms with E-state index in [2.05, 4.69) is 48.2 Å². The van der Waals surface area contributed by atoms with Crippen molar-refractivity contribution >= 4 is 19.8 Å². The standard InChI is InChI=1S/C22H34N2O2Si/c1-25-18-6-5-16(14-26-7-8-27(2,3)4)17-9-15-10-21-22(23-13-15)19(12-18)20(11-17)24-21/h5-6,12,15-17,23-24H,7-11,13-14H2,1-4H3/b6-5-,18-12+. The average Bonchev–Trinajstić information content (AvgIpc) is 2.99. The normalized spacial score (nSPS) is 29.6. The highest BCUT2D eigenvalue weighted by atomic mass is 28.3. The highest BCUT2D eigenvalue weighted by Crippen LogP contribution is 2.41. The molecule has 2 aliphatic heterocycles. The molecular weight excluding hydrogens is 352 g/mol. The number of ether oxygens (including phenoxy) is 2. The fraction of sp³-hybridized carbons (Fsp3) is 0.636. The van der Waals surface area contributed by atoms with E-state index >= 15 is 0 Å². The zero-order valence-electron chi connectivity index (χ0n) is 17.2. The van der Waals surface area contributed by atoms with Crippen LogP contribution in [-0.2, 0) is 22.3 Å². The van der Waals surface area contributed by atoms with Crippen LogP contribution in [0.4, 0.5) is 5.69 Å². The molecule has 0 spiro atoms. The zero-order chi connectivity index (χ0) is 19.0. The minimum Gasteiger partial charge on any atom is -0.497 e. The molecular formula is C22H34N2O2Si. The first kappa shape index (κ1) is 18.9. The van der Waals surface area contributed by atoms with Crippen molar-refractivity contribution in [3.05, 3.63) is 34.9 Å². The molecule has 0 saturated heterocycles. The molecule has 1 aromatic rings. The van der Waals surface area contributed by atoms with Gasteiger partial charge in [0, 0.05) is 44.1 Å². The van der Waals surface area contributed by atoms with Crippen LogP contribution in [0.1, 0.15) is 23.4 Å². The third kappa shape index (κ3) is 4.19. The van der Waals surface area contributed by atoms with Crippen molar-refractivity contribution < 1.29 is 9.47 Å². The molecule has 4 rings (SSSR count). The van der Waals surface area contributed by atoms with Gasteiger partial charge >= 0.3 is 0 Å². The summed E-state index contributed by atoms with van der Waals surface area (Å²) >= 11 is 0. The largest absolute Gasteiger partial charge is 0.497 e. The number of aromatic nitrogens is 1. The molecule has 0 amide bonds. The van der Waals surface area contributed by atoms with Gasteiger partial charge in [-0.25, -0.2) is 0 Å². The molecule has 4 bridgehead atoms. The van der Waals surface area contributed by atoms with Crippen molar-refractivity contribution in [1.29, 1.82) is 0 Å². The molecule has 3 aliphatic rings. The van der Waals surface area contributed by atoms with Crippen LogP contribution in [0.5, 0.6) is 0 Å². The van der Waals surface area contributed by atoms with E-state index in [1.54, 1.807) is 7.11 Å². The molecule has 1 aromatic heterocycles. The third-order valence-electron chi connectivity index (χ3n) is 6.30. The number of rotatable bonds is 6. The summed E-state index contributed by atoms with van der Waals surface area (Å²) in [6.07, 6.45) is 10.2. The second-order valence-electron chi connectivity index (χ2n) is 9.68. The molecule has 27 heavy (non-hydrogen) atoms. The predicted octanol–water partition coefficient (Wildman–Crippen LogP) is 4.69. The molecule has 0 radical (unpaired) electrons. The zero-order valence-corrected chi connectivity index (χ0v) is 18.2. The first-order valence-electron chi connectivity index (χ1n) is 10.4. The topological polar surface area (TPSA) is 46.3 Å². The van der Waals surface area contributed by atoms with Gasteiger partial charge in [0.2, 0.25) is 0 Å². The van der Waals surface area contributed by atoms with Gasteiger partial charge in [-0.05, 0) is 49.3 Å². The second-order valence-corrected chi connectivity index (χ2v) is 15.3. The number of aromatic amines is 1. The molecule has 0 saturated carbocycles. The van der Waals surface area contributed by atoms with E-state index in [9.17, 15) is 0 Å². The number of nitrogens with one attached hydrogen (secondary N) is 2. The van der Waals surface area contributed by atoms with Crippen LogP contribution in [0.2, 0.25) is 25.7 Å². The average molecular weight is 387 g/mol. The first-order chi connectivity index (χ1) is 12.9.